The van der Waals surface area contributed by atoms with Crippen molar-refractivity contribution in [2.24, 2.45) is 5.10 Å². The molecule has 0 bridgehead atoms. The van der Waals surface area contributed by atoms with Crippen molar-refractivity contribution in [3.8, 4) is 0 Å². The van der Waals surface area contributed by atoms with Crippen LogP contribution in [0.15, 0.2) is 16.0 Å². The fourth-order valence-electron chi connectivity index (χ4n) is 3.46. The van der Waals surface area contributed by atoms with Gasteiger partial charge in [-0.15, -0.1) is 0 Å². The van der Waals surface area contributed by atoms with Crippen LogP contribution in [-0.4, -0.2) is 89.6 Å². The molecule has 2 aliphatic rings. The van der Waals surface area contributed by atoms with E-state index in [0.717, 1.165) is 6.42 Å². The van der Waals surface area contributed by atoms with Crippen molar-refractivity contribution >= 4 is 23.5 Å². The van der Waals surface area contributed by atoms with Gasteiger partial charge in [-0.1, -0.05) is 0 Å². The summed E-state index contributed by atoms with van der Waals surface area (Å²) in [7, 11) is 7.20. The highest BCUT2D eigenvalue weighted by Gasteiger charge is 2.32. The van der Waals surface area contributed by atoms with Crippen molar-refractivity contribution in [3.63, 3.8) is 0 Å². The van der Waals surface area contributed by atoms with E-state index in [1.165, 1.54) is 11.1 Å². The van der Waals surface area contributed by atoms with E-state index in [1.54, 1.807) is 16.8 Å². The topological polar surface area (TPSA) is 105 Å². The summed E-state index contributed by atoms with van der Waals surface area (Å²) in [4.78, 5) is 49.0. The molecule has 1 N–H and O–H groups in total. The first-order valence-electron chi connectivity index (χ1n) is 9.35. The van der Waals surface area contributed by atoms with E-state index >= 15 is 0 Å². The number of hydrazone groups is 1. The van der Waals surface area contributed by atoms with Crippen molar-refractivity contribution in [1.82, 2.24) is 24.8 Å². The van der Waals surface area contributed by atoms with Gasteiger partial charge in [-0.25, -0.2) is 9.99 Å². The average Bonchev–Trinajstić information content (AvgIpc) is 3.13. The fraction of sp³-hybridized carbons (Fsp3) is 0.611. The molecule has 3 heterocycles. The number of anilines is 1. The summed E-state index contributed by atoms with van der Waals surface area (Å²) in [6, 6.07) is 1.68. The number of amides is 2. The second kappa shape index (κ2) is 8.09. The van der Waals surface area contributed by atoms with Gasteiger partial charge in [0.1, 0.15) is 5.71 Å². The zero-order valence-corrected chi connectivity index (χ0v) is 16.8. The molecule has 28 heavy (non-hydrogen) atoms. The fourth-order valence-corrected chi connectivity index (χ4v) is 3.46. The Morgan fingerprint density at radius 1 is 1.29 bits per heavy atom. The molecule has 0 aromatic carbocycles. The van der Waals surface area contributed by atoms with Crippen LogP contribution in [0.3, 0.4) is 0 Å². The number of carbonyl (C=O) groups excluding carboxylic acids is 2. The second-order valence-electron chi connectivity index (χ2n) is 7.53. The van der Waals surface area contributed by atoms with Crippen LogP contribution in [0.2, 0.25) is 0 Å². The van der Waals surface area contributed by atoms with E-state index in [2.05, 4.69) is 20.0 Å². The first-order chi connectivity index (χ1) is 13.2. The van der Waals surface area contributed by atoms with Crippen LogP contribution >= 0.6 is 0 Å². The number of carbonyl (C=O) groups is 2. The molecule has 0 radical (unpaired) electrons. The molecule has 1 aromatic heterocycles. The lowest BCUT2D eigenvalue weighted by Gasteiger charge is -2.26. The van der Waals surface area contributed by atoms with Gasteiger partial charge < -0.3 is 9.80 Å². The Kier molecular flexibility index (Phi) is 5.78. The zero-order chi connectivity index (χ0) is 20.4. The summed E-state index contributed by atoms with van der Waals surface area (Å²) >= 11 is 0. The van der Waals surface area contributed by atoms with Crippen LogP contribution in [0.4, 0.5) is 5.95 Å². The number of rotatable bonds is 5. The number of aromatic nitrogens is 2. The summed E-state index contributed by atoms with van der Waals surface area (Å²) in [5.41, 5.74) is 0.952. The van der Waals surface area contributed by atoms with Crippen LogP contribution in [0.25, 0.3) is 0 Å². The number of nitrogens with zero attached hydrogens (tertiary/aromatic N) is 6. The third-order valence-electron chi connectivity index (χ3n) is 5.15. The first-order valence-corrected chi connectivity index (χ1v) is 9.35. The molecule has 0 aliphatic carbocycles. The molecule has 0 saturated carbocycles. The Balaban J connectivity index is 1.62. The Morgan fingerprint density at radius 3 is 2.71 bits per heavy atom. The monoisotopic (exact) mass is 389 g/mol. The third kappa shape index (κ3) is 4.38. The van der Waals surface area contributed by atoms with Crippen molar-refractivity contribution in [1.29, 1.82) is 0 Å². The van der Waals surface area contributed by atoms with Gasteiger partial charge >= 0.3 is 0 Å². The minimum absolute atomic E-state index is 0.0713. The highest BCUT2D eigenvalue weighted by Crippen LogP contribution is 2.18. The molecule has 1 atom stereocenters. The van der Waals surface area contributed by atoms with E-state index in [0.29, 0.717) is 49.8 Å². The molecule has 3 rings (SSSR count). The average molecular weight is 389 g/mol. The summed E-state index contributed by atoms with van der Waals surface area (Å²) < 4.78 is 0. The van der Waals surface area contributed by atoms with E-state index in [9.17, 15) is 14.4 Å². The largest absolute Gasteiger partial charge is 0.348 e. The summed E-state index contributed by atoms with van der Waals surface area (Å²) in [5, 5.41) is 5.37. The van der Waals surface area contributed by atoms with Crippen molar-refractivity contribution in [3.05, 3.63) is 22.1 Å². The predicted molar refractivity (Wildman–Crippen MR) is 105 cm³/mol. The quantitative estimate of drug-likeness (QED) is 0.726. The van der Waals surface area contributed by atoms with E-state index in [-0.39, 0.29) is 23.4 Å². The lowest BCUT2D eigenvalue weighted by Crippen LogP contribution is -2.41. The summed E-state index contributed by atoms with van der Waals surface area (Å²) in [6.07, 6.45) is 1.55. The van der Waals surface area contributed by atoms with Crippen molar-refractivity contribution < 1.29 is 9.59 Å². The van der Waals surface area contributed by atoms with Gasteiger partial charge in [0.2, 0.25) is 11.9 Å². The predicted octanol–water partition coefficient (Wildman–Crippen LogP) is -0.523. The maximum absolute atomic E-state index is 12.7. The van der Waals surface area contributed by atoms with Gasteiger partial charge in [0, 0.05) is 65.7 Å². The molecule has 10 nitrogen and oxygen atoms in total. The smallest absolute Gasteiger partial charge is 0.270 e. The van der Waals surface area contributed by atoms with Gasteiger partial charge in [0.05, 0.1) is 5.69 Å². The molecule has 0 spiro atoms. The zero-order valence-electron chi connectivity index (χ0n) is 16.8. The van der Waals surface area contributed by atoms with E-state index in [4.69, 9.17) is 0 Å². The molecule has 1 unspecified atom stereocenters. The van der Waals surface area contributed by atoms with Crippen molar-refractivity contribution in [2.45, 2.75) is 31.8 Å². The number of hydrogen-bond acceptors (Lipinski definition) is 7. The summed E-state index contributed by atoms with van der Waals surface area (Å²) in [6.45, 7) is 1.77. The highest BCUT2D eigenvalue weighted by atomic mass is 16.2. The normalized spacial score (nSPS) is 20.0. The van der Waals surface area contributed by atoms with Crippen LogP contribution in [0.1, 0.15) is 25.0 Å². The first kappa shape index (κ1) is 20.0. The van der Waals surface area contributed by atoms with Gasteiger partial charge in [0.25, 0.3) is 11.5 Å². The second-order valence-corrected chi connectivity index (χ2v) is 7.53. The van der Waals surface area contributed by atoms with E-state index in [1.807, 2.05) is 21.1 Å². The minimum atomic E-state index is -0.181. The van der Waals surface area contributed by atoms with Crippen LogP contribution in [-0.2, 0) is 16.1 Å². The van der Waals surface area contributed by atoms with Crippen molar-refractivity contribution in [2.75, 3.05) is 46.2 Å². The number of hydrogen-bond donors (Lipinski definition) is 1. The number of likely N-dealkylation sites (N-methyl/N-ethyl adjacent to an activating group) is 1. The van der Waals surface area contributed by atoms with Gasteiger partial charge in [-0.05, 0) is 13.5 Å². The van der Waals surface area contributed by atoms with Crippen LogP contribution in [0.5, 0.6) is 0 Å². The molecule has 2 amide bonds. The molecular weight excluding hydrogens is 362 g/mol. The summed E-state index contributed by atoms with van der Waals surface area (Å²) in [5.74, 6) is 0.352. The van der Waals surface area contributed by atoms with Crippen LogP contribution in [0, 0.1) is 0 Å². The molecule has 1 saturated heterocycles. The SMILES string of the molecule is CN1N=C(C(=O)N2CCC(N(C)Cc3cc(=O)[nH]c(N(C)C)n3)C2)CCC1=O. The van der Waals surface area contributed by atoms with Crippen LogP contribution < -0.4 is 10.5 Å². The number of nitrogens with one attached hydrogen (secondary N) is 1. The lowest BCUT2D eigenvalue weighted by atomic mass is 10.1. The number of H-pyrrole nitrogens is 1. The Hall–Kier alpha value is -2.75. The minimum Gasteiger partial charge on any atom is -0.348 e. The molecule has 10 heteroatoms. The molecule has 2 aliphatic heterocycles. The van der Waals surface area contributed by atoms with Gasteiger partial charge in [-0.2, -0.15) is 5.10 Å². The molecule has 1 aromatic rings. The third-order valence-corrected chi connectivity index (χ3v) is 5.15. The Morgan fingerprint density at radius 2 is 2.04 bits per heavy atom. The van der Waals surface area contributed by atoms with E-state index < -0.39 is 0 Å². The molecule has 1 fully saturated rings. The van der Waals surface area contributed by atoms with Gasteiger partial charge in [0.15, 0.2) is 0 Å². The Bertz CT molecular complexity index is 848. The maximum atomic E-state index is 12.7. The lowest BCUT2D eigenvalue weighted by molar-refractivity contribution is -0.130. The standard InChI is InChI=1S/C18H27N7O3/c1-22(2)18-19-12(9-15(26)20-18)10-23(3)13-7-8-25(11-13)17(28)14-5-6-16(27)24(4)21-14/h9,13H,5-8,10-11H2,1-4H3,(H,19,20,26). The molecule has 152 valence electrons. The molecular formula is C18H27N7O3. The highest BCUT2D eigenvalue weighted by molar-refractivity contribution is 6.39. The van der Waals surface area contributed by atoms with Gasteiger partial charge in [-0.3, -0.25) is 24.3 Å². The number of likely N-dealkylation sites (tertiary alicyclic amines) is 1. The Labute approximate surface area is 163 Å². The maximum Gasteiger partial charge on any atom is 0.270 e. The number of aromatic amines is 1.